The number of anilines is 1. The van der Waals surface area contributed by atoms with Gasteiger partial charge in [0, 0.05) is 36.9 Å². The van der Waals surface area contributed by atoms with Gasteiger partial charge in [0.25, 0.3) is 0 Å². The number of halogens is 1. The molecular weight excluding hydrogens is 510 g/mol. The van der Waals surface area contributed by atoms with E-state index in [0.29, 0.717) is 31.2 Å². The highest BCUT2D eigenvalue weighted by molar-refractivity contribution is 7.89. The number of sulfonamides is 1. The lowest BCUT2D eigenvalue weighted by Gasteiger charge is -2.38. The number of carbonyl (C=O) groups is 1. The number of nitrogens with one attached hydrogen (secondary N) is 1. The summed E-state index contributed by atoms with van der Waals surface area (Å²) in [4.78, 5) is 17.7. The van der Waals surface area contributed by atoms with Crippen LogP contribution in [-0.2, 0) is 21.2 Å². The lowest BCUT2D eigenvalue weighted by atomic mass is 10.1. The molecule has 1 aliphatic heterocycles. The molecule has 0 spiro atoms. The Labute approximate surface area is 224 Å². The van der Waals surface area contributed by atoms with Crippen molar-refractivity contribution in [1.29, 1.82) is 0 Å². The van der Waals surface area contributed by atoms with E-state index in [9.17, 15) is 13.2 Å². The third kappa shape index (κ3) is 6.44. The second-order valence-electron chi connectivity index (χ2n) is 9.26. The fourth-order valence-electron chi connectivity index (χ4n) is 4.59. The van der Waals surface area contributed by atoms with Gasteiger partial charge in [0.05, 0.1) is 7.11 Å². The van der Waals surface area contributed by atoms with Gasteiger partial charge < -0.3 is 14.5 Å². The van der Waals surface area contributed by atoms with Crippen LogP contribution in [0.3, 0.4) is 0 Å². The maximum atomic E-state index is 13.7. The molecule has 196 valence electrons. The lowest BCUT2D eigenvalue weighted by Crippen LogP contribution is -2.55. The molecule has 1 N–H and O–H groups in total. The molecule has 0 saturated carbocycles. The molecule has 1 amide bonds. The minimum Gasteiger partial charge on any atom is -0.495 e. The van der Waals surface area contributed by atoms with Crippen LogP contribution in [0.1, 0.15) is 16.7 Å². The standard InChI is InChI=1S/C28H32ClN3O4S/c1-20-9-12-26(36-3)27(17-20)37(34,35)30-24(18-22-7-5-4-6-8-22)28(33)32-15-13-31(14-16-32)25-19-23(29)11-10-21(25)2/h4-12,17,19,24,30H,13-16,18H2,1-3H3/t24-/m1/s1. The summed E-state index contributed by atoms with van der Waals surface area (Å²) in [5, 5.41) is 0.669. The third-order valence-electron chi connectivity index (χ3n) is 6.59. The van der Waals surface area contributed by atoms with Crippen molar-refractivity contribution in [2.75, 3.05) is 38.2 Å². The fraction of sp³-hybridized carbons (Fsp3) is 0.321. The van der Waals surface area contributed by atoms with Crippen molar-refractivity contribution in [3.63, 3.8) is 0 Å². The monoisotopic (exact) mass is 541 g/mol. The number of ether oxygens (including phenoxy) is 1. The van der Waals surface area contributed by atoms with E-state index in [4.69, 9.17) is 16.3 Å². The maximum Gasteiger partial charge on any atom is 0.244 e. The molecule has 0 unspecified atom stereocenters. The average molecular weight is 542 g/mol. The molecule has 3 aromatic rings. The zero-order valence-electron chi connectivity index (χ0n) is 21.3. The Hall–Kier alpha value is -3.07. The quantitative estimate of drug-likeness (QED) is 0.462. The van der Waals surface area contributed by atoms with Crippen LogP contribution in [0.25, 0.3) is 0 Å². The first-order chi connectivity index (χ1) is 17.7. The maximum absolute atomic E-state index is 13.7. The van der Waals surface area contributed by atoms with Gasteiger partial charge in [0.2, 0.25) is 15.9 Å². The number of amides is 1. The van der Waals surface area contributed by atoms with Crippen LogP contribution in [0, 0.1) is 13.8 Å². The Morgan fingerprint density at radius 1 is 1.00 bits per heavy atom. The normalized spacial score (nSPS) is 14.9. The highest BCUT2D eigenvalue weighted by Crippen LogP contribution is 2.27. The van der Waals surface area contributed by atoms with Crippen molar-refractivity contribution in [1.82, 2.24) is 9.62 Å². The van der Waals surface area contributed by atoms with Crippen molar-refractivity contribution in [3.8, 4) is 5.75 Å². The zero-order valence-corrected chi connectivity index (χ0v) is 22.8. The zero-order chi connectivity index (χ0) is 26.6. The molecule has 0 bridgehead atoms. The SMILES string of the molecule is COc1ccc(C)cc1S(=O)(=O)N[C@H](Cc1ccccc1)C(=O)N1CCN(c2cc(Cl)ccc2C)CC1. The Kier molecular flexibility index (Phi) is 8.42. The number of benzene rings is 3. The summed E-state index contributed by atoms with van der Waals surface area (Å²) >= 11 is 6.21. The summed E-state index contributed by atoms with van der Waals surface area (Å²) in [7, 11) is -2.61. The number of carbonyl (C=O) groups excluding carboxylic acids is 1. The number of rotatable bonds is 8. The molecule has 37 heavy (non-hydrogen) atoms. The number of piperazine rings is 1. The van der Waals surface area contributed by atoms with Gasteiger partial charge in [0.15, 0.2) is 0 Å². The van der Waals surface area contributed by atoms with Crippen molar-refractivity contribution in [3.05, 3.63) is 88.4 Å². The highest BCUT2D eigenvalue weighted by Gasteiger charge is 2.32. The van der Waals surface area contributed by atoms with E-state index >= 15 is 0 Å². The van der Waals surface area contributed by atoms with Crippen molar-refractivity contribution in [2.24, 2.45) is 0 Å². The van der Waals surface area contributed by atoms with Crippen LogP contribution in [0.2, 0.25) is 5.02 Å². The fourth-order valence-corrected chi connectivity index (χ4v) is 6.19. The molecule has 1 heterocycles. The van der Waals surface area contributed by atoms with E-state index in [-0.39, 0.29) is 23.0 Å². The van der Waals surface area contributed by atoms with Gasteiger partial charge in [-0.2, -0.15) is 4.72 Å². The molecule has 1 atom stereocenters. The topological polar surface area (TPSA) is 78.9 Å². The third-order valence-corrected chi connectivity index (χ3v) is 8.32. The predicted octanol–water partition coefficient (Wildman–Crippen LogP) is 4.20. The first-order valence-electron chi connectivity index (χ1n) is 12.2. The van der Waals surface area contributed by atoms with E-state index in [1.807, 2.05) is 62.4 Å². The van der Waals surface area contributed by atoms with Gasteiger partial charge in [-0.1, -0.05) is 54.1 Å². The average Bonchev–Trinajstić information content (AvgIpc) is 2.90. The molecule has 0 radical (unpaired) electrons. The smallest absolute Gasteiger partial charge is 0.244 e. The van der Waals surface area contributed by atoms with Crippen molar-refractivity contribution in [2.45, 2.75) is 31.2 Å². The first kappa shape index (κ1) is 27.0. The molecule has 3 aromatic carbocycles. The number of methoxy groups -OCH3 is 1. The van der Waals surface area contributed by atoms with Crippen LogP contribution in [0.5, 0.6) is 5.75 Å². The van der Waals surface area contributed by atoms with Gasteiger partial charge in [-0.05, 0) is 61.2 Å². The molecule has 0 aromatic heterocycles. The van der Waals surface area contributed by atoms with Crippen LogP contribution in [0.4, 0.5) is 5.69 Å². The Balaban J connectivity index is 1.56. The van der Waals surface area contributed by atoms with E-state index in [2.05, 4.69) is 9.62 Å². The summed E-state index contributed by atoms with van der Waals surface area (Å²) in [6.45, 7) is 6.06. The minimum absolute atomic E-state index is 0.0158. The highest BCUT2D eigenvalue weighted by atomic mass is 35.5. The second-order valence-corrected chi connectivity index (χ2v) is 11.4. The number of hydrogen-bond acceptors (Lipinski definition) is 5. The minimum atomic E-state index is -4.04. The molecule has 1 saturated heterocycles. The first-order valence-corrected chi connectivity index (χ1v) is 14.0. The van der Waals surface area contributed by atoms with Crippen molar-refractivity contribution >= 4 is 33.2 Å². The van der Waals surface area contributed by atoms with Gasteiger partial charge in [-0.25, -0.2) is 8.42 Å². The van der Waals surface area contributed by atoms with Gasteiger partial charge in [-0.3, -0.25) is 4.79 Å². The summed E-state index contributed by atoms with van der Waals surface area (Å²) < 4.78 is 34.9. The van der Waals surface area contributed by atoms with E-state index in [1.54, 1.807) is 23.1 Å². The molecule has 1 fully saturated rings. The van der Waals surface area contributed by atoms with E-state index in [1.165, 1.54) is 7.11 Å². The summed E-state index contributed by atoms with van der Waals surface area (Å²) in [6, 6.07) is 19.2. The number of hydrogen-bond donors (Lipinski definition) is 1. The Morgan fingerprint density at radius 3 is 2.38 bits per heavy atom. The summed E-state index contributed by atoms with van der Waals surface area (Å²) in [5.41, 5.74) is 3.81. The molecule has 1 aliphatic rings. The van der Waals surface area contributed by atoms with Crippen LogP contribution in [-0.4, -0.2) is 58.6 Å². The van der Waals surface area contributed by atoms with Gasteiger partial charge in [-0.15, -0.1) is 0 Å². The molecule has 0 aliphatic carbocycles. The second kappa shape index (κ2) is 11.5. The summed E-state index contributed by atoms with van der Waals surface area (Å²) in [5.74, 6) is -0.0176. The number of aryl methyl sites for hydroxylation is 2. The molecule has 4 rings (SSSR count). The number of nitrogens with zero attached hydrogens (tertiary/aromatic N) is 2. The summed E-state index contributed by atoms with van der Waals surface area (Å²) in [6.07, 6.45) is 0.237. The predicted molar refractivity (Wildman–Crippen MR) is 147 cm³/mol. The lowest BCUT2D eigenvalue weighted by molar-refractivity contribution is -0.133. The van der Waals surface area contributed by atoms with Crippen LogP contribution in [0.15, 0.2) is 71.6 Å². The Bertz CT molecular complexity index is 1360. The van der Waals surface area contributed by atoms with E-state index in [0.717, 1.165) is 22.4 Å². The van der Waals surface area contributed by atoms with E-state index < -0.39 is 16.1 Å². The molecular formula is C28H32ClN3O4S. The van der Waals surface area contributed by atoms with Crippen LogP contribution >= 0.6 is 11.6 Å². The van der Waals surface area contributed by atoms with Crippen molar-refractivity contribution < 1.29 is 17.9 Å². The Morgan fingerprint density at radius 2 is 1.70 bits per heavy atom. The van der Waals surface area contributed by atoms with Crippen LogP contribution < -0.4 is 14.4 Å². The molecule has 9 heteroatoms. The van der Waals surface area contributed by atoms with Gasteiger partial charge in [0.1, 0.15) is 16.7 Å². The largest absolute Gasteiger partial charge is 0.495 e. The van der Waals surface area contributed by atoms with Gasteiger partial charge >= 0.3 is 0 Å². The molecule has 7 nitrogen and oxygen atoms in total.